The molecule has 0 aliphatic carbocycles. The van der Waals surface area contributed by atoms with Crippen LogP contribution in [0.1, 0.15) is 110 Å². The van der Waals surface area contributed by atoms with Crippen LogP contribution in [0.4, 0.5) is 13.2 Å². The van der Waals surface area contributed by atoms with Gasteiger partial charge >= 0.3 is 6.18 Å². The van der Waals surface area contributed by atoms with E-state index >= 15 is 0 Å². The zero-order valence-electron chi connectivity index (χ0n) is 14.9. The number of Topliss-reactive ketones (excluding diaryl/α,β-unsaturated/α-hetero) is 1. The predicted molar refractivity (Wildman–Crippen MR) is 90.6 cm³/mol. The molecule has 0 saturated heterocycles. The molecule has 0 spiro atoms. The van der Waals surface area contributed by atoms with Crippen molar-refractivity contribution in [3.8, 4) is 0 Å². The van der Waals surface area contributed by atoms with Crippen LogP contribution < -0.4 is 0 Å². The van der Waals surface area contributed by atoms with Gasteiger partial charge in [-0.1, -0.05) is 96.8 Å². The number of rotatable bonds is 16. The number of alkyl halides is 3. The van der Waals surface area contributed by atoms with Gasteiger partial charge in [-0.15, -0.1) is 0 Å². The van der Waals surface area contributed by atoms with Crippen molar-refractivity contribution in [2.75, 3.05) is 0 Å². The molecule has 0 heterocycles. The molecule has 1 nitrogen and oxygen atoms in total. The van der Waals surface area contributed by atoms with E-state index in [1.165, 1.54) is 70.6 Å². The summed E-state index contributed by atoms with van der Waals surface area (Å²) in [5, 5.41) is 0. The summed E-state index contributed by atoms with van der Waals surface area (Å²) in [6.07, 6.45) is 12.6. The third kappa shape index (κ3) is 16.1. The third-order valence-electron chi connectivity index (χ3n) is 4.32. The van der Waals surface area contributed by atoms with E-state index in [1.807, 2.05) is 0 Å². The van der Waals surface area contributed by atoms with Crippen molar-refractivity contribution in [3.63, 3.8) is 0 Å². The molecule has 0 aromatic heterocycles. The lowest BCUT2D eigenvalue weighted by Crippen LogP contribution is -2.22. The quantitative estimate of drug-likeness (QED) is 0.269. The fourth-order valence-corrected chi connectivity index (χ4v) is 2.80. The van der Waals surface area contributed by atoms with Crippen LogP contribution in [0, 0.1) is 0 Å². The molecule has 0 amide bonds. The minimum absolute atomic E-state index is 0.345. The first-order valence-corrected chi connectivity index (χ1v) is 9.58. The molecule has 0 atom stereocenters. The maximum Gasteiger partial charge on any atom is 0.449 e. The van der Waals surface area contributed by atoms with E-state index in [0.29, 0.717) is 6.42 Å². The number of halogens is 3. The van der Waals surface area contributed by atoms with Crippen molar-refractivity contribution in [1.82, 2.24) is 0 Å². The first-order valence-electron chi connectivity index (χ1n) is 9.58. The Balaban J connectivity index is 3.12. The van der Waals surface area contributed by atoms with E-state index in [9.17, 15) is 18.0 Å². The van der Waals surface area contributed by atoms with E-state index in [1.54, 1.807) is 0 Å². The predicted octanol–water partition coefficient (Wildman–Crippen LogP) is 7.38. The fourth-order valence-electron chi connectivity index (χ4n) is 2.80. The molecule has 0 N–H and O–H groups in total. The molecule has 0 saturated carbocycles. The molecule has 23 heavy (non-hydrogen) atoms. The van der Waals surface area contributed by atoms with Crippen LogP contribution in [-0.2, 0) is 4.79 Å². The number of unbranched alkanes of at least 4 members (excludes halogenated alkanes) is 14. The van der Waals surface area contributed by atoms with E-state index in [4.69, 9.17) is 0 Å². The summed E-state index contributed by atoms with van der Waals surface area (Å²) < 4.78 is 35.9. The highest BCUT2D eigenvalue weighted by atomic mass is 19.4. The summed E-state index contributed by atoms with van der Waals surface area (Å²) in [6, 6.07) is 0. The van der Waals surface area contributed by atoms with Crippen molar-refractivity contribution in [2.45, 2.75) is 116 Å². The van der Waals surface area contributed by atoms with Crippen LogP contribution >= 0.6 is 0 Å². The van der Waals surface area contributed by atoms with Crippen LogP contribution in [-0.4, -0.2) is 12.0 Å². The third-order valence-corrected chi connectivity index (χ3v) is 4.32. The Morgan fingerprint density at radius 3 is 1.22 bits per heavy atom. The van der Waals surface area contributed by atoms with Crippen molar-refractivity contribution in [3.05, 3.63) is 0 Å². The smallest absolute Gasteiger partial charge is 0.290 e. The number of carbonyl (C=O) groups is 1. The van der Waals surface area contributed by atoms with Gasteiger partial charge in [-0.3, -0.25) is 4.79 Å². The normalized spacial score (nSPS) is 11.8. The highest BCUT2D eigenvalue weighted by Crippen LogP contribution is 2.20. The first kappa shape index (κ1) is 22.5. The second-order valence-corrected chi connectivity index (χ2v) is 6.62. The molecular formula is C19H35F3O. The molecule has 4 heteroatoms. The highest BCUT2D eigenvalue weighted by Gasteiger charge is 2.36. The van der Waals surface area contributed by atoms with Gasteiger partial charge in [-0.2, -0.15) is 13.2 Å². The highest BCUT2D eigenvalue weighted by molar-refractivity contribution is 5.83. The minimum Gasteiger partial charge on any atom is -0.290 e. The minimum atomic E-state index is -4.64. The molecule has 0 unspecified atom stereocenters. The lowest BCUT2D eigenvalue weighted by atomic mass is 10.0. The standard InChI is InChI=1S/C19H35F3O/c1-2-3-4-5-6-7-8-9-10-11-12-13-14-15-16-17-18(23)19(20,21)22/h2-17H2,1H3. The van der Waals surface area contributed by atoms with Crippen molar-refractivity contribution >= 4 is 5.78 Å². The van der Waals surface area contributed by atoms with Gasteiger partial charge < -0.3 is 0 Å². The van der Waals surface area contributed by atoms with Crippen LogP contribution in [0.3, 0.4) is 0 Å². The summed E-state index contributed by atoms with van der Waals surface area (Å²) in [7, 11) is 0. The molecule has 0 aromatic rings. The number of ketones is 1. The molecule has 0 rings (SSSR count). The van der Waals surface area contributed by atoms with Gasteiger partial charge in [0.1, 0.15) is 0 Å². The summed E-state index contributed by atoms with van der Waals surface area (Å²) in [4.78, 5) is 10.7. The second-order valence-electron chi connectivity index (χ2n) is 6.62. The number of carbonyl (C=O) groups excluding carboxylic acids is 1. The summed E-state index contributed by atoms with van der Waals surface area (Å²) >= 11 is 0. The number of hydrogen-bond donors (Lipinski definition) is 0. The topological polar surface area (TPSA) is 17.1 Å². The molecular weight excluding hydrogens is 301 g/mol. The van der Waals surface area contributed by atoms with Crippen molar-refractivity contribution in [1.29, 1.82) is 0 Å². The second kappa shape index (κ2) is 15.0. The summed E-state index contributed by atoms with van der Waals surface area (Å²) in [5.74, 6) is -1.58. The Bertz CT molecular complexity index is 274. The Morgan fingerprint density at radius 2 is 0.913 bits per heavy atom. The first-order chi connectivity index (χ1) is 11.0. The SMILES string of the molecule is CCCCCCCCCCCCCCCCCC(=O)C(F)(F)F. The van der Waals surface area contributed by atoms with Gasteiger partial charge in [0.25, 0.3) is 0 Å². The average Bonchev–Trinajstić information content (AvgIpc) is 2.50. The zero-order chi connectivity index (χ0) is 17.4. The molecule has 0 fully saturated rings. The molecule has 0 aliphatic heterocycles. The van der Waals surface area contributed by atoms with Gasteiger partial charge in [0.2, 0.25) is 5.78 Å². The zero-order valence-corrected chi connectivity index (χ0v) is 14.9. The van der Waals surface area contributed by atoms with Crippen molar-refractivity contribution in [2.24, 2.45) is 0 Å². The van der Waals surface area contributed by atoms with E-state index in [-0.39, 0.29) is 6.42 Å². The molecule has 0 aliphatic rings. The Labute approximate surface area is 140 Å². The monoisotopic (exact) mass is 336 g/mol. The molecule has 0 aromatic carbocycles. The lowest BCUT2D eigenvalue weighted by molar-refractivity contribution is -0.171. The van der Waals surface area contributed by atoms with Gasteiger partial charge in [0, 0.05) is 6.42 Å². The van der Waals surface area contributed by atoms with Crippen LogP contribution in [0.15, 0.2) is 0 Å². The largest absolute Gasteiger partial charge is 0.449 e. The van der Waals surface area contributed by atoms with Crippen LogP contribution in [0.2, 0.25) is 0 Å². The van der Waals surface area contributed by atoms with E-state index in [2.05, 4.69) is 6.92 Å². The Hall–Kier alpha value is -0.540. The van der Waals surface area contributed by atoms with E-state index in [0.717, 1.165) is 19.3 Å². The Morgan fingerprint density at radius 1 is 0.609 bits per heavy atom. The van der Waals surface area contributed by atoms with Crippen LogP contribution in [0.5, 0.6) is 0 Å². The lowest BCUT2D eigenvalue weighted by Gasteiger charge is -2.05. The molecule has 0 bridgehead atoms. The van der Waals surface area contributed by atoms with Gasteiger partial charge in [0.05, 0.1) is 0 Å². The maximum absolute atomic E-state index is 12.0. The van der Waals surface area contributed by atoms with Crippen LogP contribution in [0.25, 0.3) is 0 Å². The van der Waals surface area contributed by atoms with Crippen molar-refractivity contribution < 1.29 is 18.0 Å². The van der Waals surface area contributed by atoms with Gasteiger partial charge in [0.15, 0.2) is 0 Å². The van der Waals surface area contributed by atoms with Gasteiger partial charge in [-0.05, 0) is 6.42 Å². The summed E-state index contributed by atoms with van der Waals surface area (Å²) in [6.45, 7) is 2.24. The molecule has 138 valence electrons. The number of hydrogen-bond acceptors (Lipinski definition) is 1. The Kier molecular flexibility index (Phi) is 14.7. The fraction of sp³-hybridized carbons (Fsp3) is 0.947. The molecule has 0 radical (unpaired) electrons. The van der Waals surface area contributed by atoms with E-state index < -0.39 is 12.0 Å². The maximum atomic E-state index is 12.0. The average molecular weight is 336 g/mol. The van der Waals surface area contributed by atoms with Gasteiger partial charge in [-0.25, -0.2) is 0 Å². The summed E-state index contributed by atoms with van der Waals surface area (Å²) in [5.41, 5.74) is 0.